The van der Waals surface area contributed by atoms with Crippen LogP contribution in [0.3, 0.4) is 0 Å². The molecule has 2 aliphatic heterocycles. The first-order valence-electron chi connectivity index (χ1n) is 10.1. The fraction of sp³-hybridized carbons (Fsp3) is 0.217. The number of anilines is 2. The number of aliphatic carboxylic acids is 1. The Morgan fingerprint density at radius 2 is 1.82 bits per heavy atom. The molecular formula is C23H21N3O6S. The second-order valence-electron chi connectivity index (χ2n) is 7.44. The molecule has 2 atom stereocenters. The molecule has 0 saturated carbocycles. The van der Waals surface area contributed by atoms with Gasteiger partial charge in [0.15, 0.2) is 0 Å². The summed E-state index contributed by atoms with van der Waals surface area (Å²) in [5.41, 5.74) is 1.90. The molecule has 9 nitrogen and oxygen atoms in total. The summed E-state index contributed by atoms with van der Waals surface area (Å²) in [5, 5.41) is 15.0. The van der Waals surface area contributed by atoms with Crippen LogP contribution in [-0.2, 0) is 19.1 Å². The first kappa shape index (κ1) is 22.4. The summed E-state index contributed by atoms with van der Waals surface area (Å²) >= 11 is 1.31. The van der Waals surface area contributed by atoms with Gasteiger partial charge in [0, 0.05) is 23.9 Å². The van der Waals surface area contributed by atoms with Crippen molar-refractivity contribution in [1.29, 1.82) is 0 Å². The lowest BCUT2D eigenvalue weighted by molar-refractivity contribution is -0.149. The molecule has 0 aromatic heterocycles. The molecule has 2 amide bonds. The molecule has 33 heavy (non-hydrogen) atoms. The number of para-hydroxylation sites is 2. The Kier molecular flexibility index (Phi) is 6.36. The number of carboxylic acid groups (broad SMARTS) is 1. The van der Waals surface area contributed by atoms with Crippen molar-refractivity contribution in [2.45, 2.75) is 18.3 Å². The third-order valence-corrected chi connectivity index (χ3v) is 6.55. The molecule has 0 bridgehead atoms. The van der Waals surface area contributed by atoms with E-state index in [1.165, 1.54) is 18.7 Å². The Labute approximate surface area is 193 Å². The molecule has 1 unspecified atom stereocenters. The number of β-lactam (4-membered cyclic amide) rings is 1. The van der Waals surface area contributed by atoms with Gasteiger partial charge in [0.2, 0.25) is 0 Å². The maximum absolute atomic E-state index is 13.0. The fourth-order valence-electron chi connectivity index (χ4n) is 3.67. The molecule has 3 N–H and O–H groups in total. The van der Waals surface area contributed by atoms with Crippen molar-refractivity contribution in [3.63, 3.8) is 0 Å². The zero-order valence-corrected chi connectivity index (χ0v) is 18.4. The number of nitrogens with zero attached hydrogens (tertiary/aromatic N) is 1. The molecule has 2 aromatic carbocycles. The molecule has 2 aliphatic rings. The van der Waals surface area contributed by atoms with Gasteiger partial charge in [0.1, 0.15) is 23.7 Å². The number of carboxylic acids is 1. The molecule has 1 saturated heterocycles. The lowest BCUT2D eigenvalue weighted by Gasteiger charge is -2.49. The van der Waals surface area contributed by atoms with Crippen molar-refractivity contribution >= 4 is 46.9 Å². The highest BCUT2D eigenvalue weighted by molar-refractivity contribution is 8.00. The predicted octanol–water partition coefficient (Wildman–Crippen LogP) is 2.35. The van der Waals surface area contributed by atoms with Gasteiger partial charge in [0.25, 0.3) is 11.8 Å². The first-order valence-corrected chi connectivity index (χ1v) is 11.2. The molecule has 170 valence electrons. The Morgan fingerprint density at radius 1 is 1.12 bits per heavy atom. The van der Waals surface area contributed by atoms with Gasteiger partial charge in [-0.15, -0.1) is 11.8 Å². The van der Waals surface area contributed by atoms with E-state index in [4.69, 9.17) is 4.74 Å². The summed E-state index contributed by atoms with van der Waals surface area (Å²) in [4.78, 5) is 49.9. The van der Waals surface area contributed by atoms with Crippen LogP contribution < -0.4 is 10.6 Å². The molecule has 2 aromatic rings. The highest BCUT2D eigenvalue weighted by Gasteiger charge is 2.54. The van der Waals surface area contributed by atoms with Crippen molar-refractivity contribution in [3.8, 4) is 0 Å². The summed E-state index contributed by atoms with van der Waals surface area (Å²) < 4.78 is 4.93. The van der Waals surface area contributed by atoms with Crippen LogP contribution in [0.4, 0.5) is 11.4 Å². The van der Waals surface area contributed by atoms with Gasteiger partial charge in [-0.25, -0.2) is 4.79 Å². The number of esters is 1. The van der Waals surface area contributed by atoms with Gasteiger partial charge in [-0.1, -0.05) is 30.3 Å². The number of rotatable bonds is 7. The Morgan fingerprint density at radius 3 is 2.52 bits per heavy atom. The van der Waals surface area contributed by atoms with Crippen LogP contribution in [0.5, 0.6) is 0 Å². The third-order valence-electron chi connectivity index (χ3n) is 5.21. The number of hydrogen-bond acceptors (Lipinski definition) is 7. The molecule has 10 heteroatoms. The quantitative estimate of drug-likeness (QED) is 0.419. The molecule has 4 rings (SSSR count). The van der Waals surface area contributed by atoms with Crippen molar-refractivity contribution in [3.05, 3.63) is 71.4 Å². The van der Waals surface area contributed by atoms with Gasteiger partial charge in [-0.3, -0.25) is 19.3 Å². The predicted molar refractivity (Wildman–Crippen MR) is 122 cm³/mol. The van der Waals surface area contributed by atoms with Crippen LogP contribution in [0.15, 0.2) is 65.9 Å². The monoisotopic (exact) mass is 467 g/mol. The van der Waals surface area contributed by atoms with Crippen LogP contribution in [0.1, 0.15) is 17.3 Å². The average Bonchev–Trinajstić information content (AvgIpc) is 2.81. The maximum Gasteiger partial charge on any atom is 0.352 e. The zero-order valence-electron chi connectivity index (χ0n) is 17.6. The summed E-state index contributed by atoms with van der Waals surface area (Å²) in [5.74, 6) is -2.52. The number of hydrogen-bond donors (Lipinski definition) is 3. The van der Waals surface area contributed by atoms with Gasteiger partial charge in [0.05, 0.1) is 11.3 Å². The van der Waals surface area contributed by atoms with Crippen LogP contribution in [0.25, 0.3) is 0 Å². The summed E-state index contributed by atoms with van der Waals surface area (Å²) in [6.07, 6.45) is 0. The van der Waals surface area contributed by atoms with Crippen molar-refractivity contribution in [2.75, 3.05) is 17.7 Å². The smallest absolute Gasteiger partial charge is 0.352 e. The minimum Gasteiger partial charge on any atom is -0.477 e. The van der Waals surface area contributed by atoms with Crippen molar-refractivity contribution in [2.24, 2.45) is 0 Å². The number of nitrogens with one attached hydrogen (secondary N) is 2. The molecule has 1 fully saturated rings. The number of amides is 2. The topological polar surface area (TPSA) is 125 Å². The number of benzene rings is 2. The zero-order chi connectivity index (χ0) is 23.5. The third kappa shape index (κ3) is 4.56. The van der Waals surface area contributed by atoms with Gasteiger partial charge in [-0.05, 0) is 24.3 Å². The summed E-state index contributed by atoms with van der Waals surface area (Å²) in [6, 6.07) is 15.4. The van der Waals surface area contributed by atoms with Crippen LogP contribution in [0, 0.1) is 0 Å². The SMILES string of the molecule is CC(=O)OCC1=C(C(=O)O)N2C(=O)[C@@H](NC(=O)c3ccccc3Nc3ccccc3)C2SC1. The number of ether oxygens (including phenoxy) is 1. The summed E-state index contributed by atoms with van der Waals surface area (Å²) in [6.45, 7) is 1.03. The second kappa shape index (κ2) is 9.37. The highest BCUT2D eigenvalue weighted by atomic mass is 32.2. The van der Waals surface area contributed by atoms with E-state index in [0.29, 0.717) is 16.8 Å². The van der Waals surface area contributed by atoms with Crippen LogP contribution in [-0.4, -0.2) is 57.5 Å². The highest BCUT2D eigenvalue weighted by Crippen LogP contribution is 2.40. The van der Waals surface area contributed by atoms with E-state index in [0.717, 1.165) is 10.6 Å². The molecule has 2 heterocycles. The molecule has 0 spiro atoms. The largest absolute Gasteiger partial charge is 0.477 e. The van der Waals surface area contributed by atoms with E-state index in [2.05, 4.69) is 10.6 Å². The van der Waals surface area contributed by atoms with E-state index in [-0.39, 0.29) is 18.1 Å². The first-order chi connectivity index (χ1) is 15.9. The lowest BCUT2D eigenvalue weighted by Crippen LogP contribution is -2.70. The van der Waals surface area contributed by atoms with Crippen LogP contribution >= 0.6 is 11.8 Å². The average molecular weight is 468 g/mol. The van der Waals surface area contributed by atoms with Gasteiger partial charge >= 0.3 is 11.9 Å². The maximum atomic E-state index is 13.0. The second-order valence-corrected chi connectivity index (χ2v) is 8.54. The van der Waals surface area contributed by atoms with E-state index in [9.17, 15) is 24.3 Å². The Hall–Kier alpha value is -3.79. The summed E-state index contributed by atoms with van der Waals surface area (Å²) in [7, 11) is 0. The number of fused-ring (bicyclic) bond motifs is 1. The fourth-order valence-corrected chi connectivity index (χ4v) is 5.00. The molecule has 0 radical (unpaired) electrons. The van der Waals surface area contributed by atoms with Crippen molar-refractivity contribution in [1.82, 2.24) is 10.2 Å². The Balaban J connectivity index is 1.50. The van der Waals surface area contributed by atoms with E-state index < -0.39 is 35.2 Å². The molecule has 0 aliphatic carbocycles. The number of carbonyl (C=O) groups is 4. The Bertz CT molecular complexity index is 1150. The lowest BCUT2D eigenvalue weighted by atomic mass is 10.0. The number of carbonyl (C=O) groups excluding carboxylic acids is 3. The minimum absolute atomic E-state index is 0.193. The normalized spacial score (nSPS) is 19.3. The molecular weight excluding hydrogens is 446 g/mol. The van der Waals surface area contributed by atoms with Crippen LogP contribution in [0.2, 0.25) is 0 Å². The standard InChI is InChI=1S/C23H21N3O6S/c1-13(27)32-11-14-12-33-22-18(21(29)26(22)19(14)23(30)31)25-20(28)16-9-5-6-10-17(16)24-15-7-3-2-4-8-15/h2-10,18,22,24H,11-12H2,1H3,(H,25,28)(H,30,31)/t18-,22?/m1/s1. The minimum atomic E-state index is -1.28. The van der Waals surface area contributed by atoms with Crippen molar-refractivity contribution < 1.29 is 29.0 Å². The number of thioether (sulfide) groups is 1. The van der Waals surface area contributed by atoms with Gasteiger partial charge < -0.3 is 20.5 Å². The van der Waals surface area contributed by atoms with E-state index >= 15 is 0 Å². The van der Waals surface area contributed by atoms with Gasteiger partial charge in [-0.2, -0.15) is 0 Å². The van der Waals surface area contributed by atoms with E-state index in [1.807, 2.05) is 30.3 Å². The van der Waals surface area contributed by atoms with E-state index in [1.54, 1.807) is 24.3 Å².